The average Bonchev–Trinajstić information content (AvgIpc) is 2.62. The van der Waals surface area contributed by atoms with E-state index in [0.29, 0.717) is 0 Å². The van der Waals surface area contributed by atoms with Gasteiger partial charge in [-0.15, -0.1) is 0 Å². The van der Waals surface area contributed by atoms with Crippen LogP contribution in [0.3, 0.4) is 0 Å². The number of benzene rings is 1. The van der Waals surface area contributed by atoms with Gasteiger partial charge in [-0.05, 0) is 18.2 Å². The second-order valence-corrected chi connectivity index (χ2v) is 2.87. The van der Waals surface area contributed by atoms with Crippen molar-refractivity contribution >= 4 is 17.0 Å². The molecule has 1 aliphatic carbocycles. The molecule has 0 saturated heterocycles. The number of nitrogens with zero attached hydrogens (tertiary/aromatic N) is 1. The summed E-state index contributed by atoms with van der Waals surface area (Å²) in [6.07, 6.45) is 6.14. The fourth-order valence-corrected chi connectivity index (χ4v) is 1.59. The molecule has 1 heterocycles. The molecule has 1 aromatic rings. The third-order valence-electron chi connectivity index (χ3n) is 2.14. The Morgan fingerprint density at radius 3 is 3.33 bits per heavy atom. The first kappa shape index (κ1) is 5.95. The lowest BCUT2D eigenvalue weighted by Crippen LogP contribution is -1.85. The van der Waals surface area contributed by atoms with E-state index in [1.807, 2.05) is 30.4 Å². The van der Waals surface area contributed by atoms with E-state index in [1.165, 1.54) is 5.57 Å². The van der Waals surface area contributed by atoms with Crippen molar-refractivity contribution in [3.8, 4) is 0 Å². The van der Waals surface area contributed by atoms with Crippen molar-refractivity contribution in [2.24, 2.45) is 4.99 Å². The van der Waals surface area contributed by atoms with E-state index in [0.717, 1.165) is 17.0 Å². The predicted octanol–water partition coefficient (Wildman–Crippen LogP) is 2.53. The van der Waals surface area contributed by atoms with Gasteiger partial charge in [0.1, 0.15) is 0 Å². The van der Waals surface area contributed by atoms with Crippen molar-refractivity contribution in [1.29, 1.82) is 0 Å². The van der Waals surface area contributed by atoms with Crippen LogP contribution in [-0.2, 0) is 0 Å². The van der Waals surface area contributed by atoms with Crippen LogP contribution in [0.25, 0.3) is 5.57 Å². The van der Waals surface area contributed by atoms with Crippen molar-refractivity contribution in [2.75, 3.05) is 0 Å². The van der Waals surface area contributed by atoms with Crippen molar-refractivity contribution < 1.29 is 0 Å². The predicted molar refractivity (Wildman–Crippen MR) is 49.5 cm³/mol. The minimum Gasteiger partial charge on any atom is -0.248 e. The Kier molecular flexibility index (Phi) is 0.965. The first-order chi connectivity index (χ1) is 5.95. The summed E-state index contributed by atoms with van der Waals surface area (Å²) in [5, 5.41) is 0. The van der Waals surface area contributed by atoms with E-state index >= 15 is 0 Å². The van der Waals surface area contributed by atoms with Gasteiger partial charge in [-0.3, -0.25) is 0 Å². The van der Waals surface area contributed by atoms with Crippen molar-refractivity contribution in [3.63, 3.8) is 0 Å². The van der Waals surface area contributed by atoms with Gasteiger partial charge in [-0.1, -0.05) is 24.3 Å². The van der Waals surface area contributed by atoms with Gasteiger partial charge in [-0.2, -0.15) is 0 Å². The summed E-state index contributed by atoms with van der Waals surface area (Å²) < 4.78 is 0. The first-order valence-corrected chi connectivity index (χ1v) is 3.94. The van der Waals surface area contributed by atoms with E-state index in [1.54, 1.807) is 0 Å². The number of hydrogen-bond acceptors (Lipinski definition) is 1. The van der Waals surface area contributed by atoms with Gasteiger partial charge < -0.3 is 0 Å². The summed E-state index contributed by atoms with van der Waals surface area (Å²) in [4.78, 5) is 4.44. The molecule has 0 N–H and O–H groups in total. The van der Waals surface area contributed by atoms with Crippen LogP contribution in [0.15, 0.2) is 41.4 Å². The van der Waals surface area contributed by atoms with E-state index in [2.05, 4.69) is 17.1 Å². The molecule has 55 valence electrons. The average molecular weight is 152 g/mol. The van der Waals surface area contributed by atoms with Gasteiger partial charge in [0.2, 0.25) is 0 Å². The molecule has 0 saturated carbocycles. The van der Waals surface area contributed by atoms with Crippen LogP contribution in [-0.4, -0.2) is 5.71 Å². The van der Waals surface area contributed by atoms with Gasteiger partial charge in [0.25, 0.3) is 0 Å². The largest absolute Gasteiger partial charge is 0.248 e. The first-order valence-electron chi connectivity index (χ1n) is 3.94. The number of aliphatic imine (C=N–C) groups is 1. The maximum atomic E-state index is 4.44. The zero-order chi connectivity index (χ0) is 7.97. The molecule has 2 aliphatic rings. The number of hydrogen-bond donors (Lipinski definition) is 0. The second-order valence-electron chi connectivity index (χ2n) is 2.87. The SMILES string of the molecule is [c]1cccc2c1C1=CC=CC1=N2. The molecule has 0 amide bonds. The van der Waals surface area contributed by atoms with Crippen molar-refractivity contribution in [2.45, 2.75) is 0 Å². The molecule has 0 fully saturated rings. The third-order valence-corrected chi connectivity index (χ3v) is 2.14. The standard InChI is InChI=1S/C11H6N/c1-2-6-10-8(4-1)9-5-3-7-11(9)12-10/h1-3,5-7H. The number of rotatable bonds is 0. The van der Waals surface area contributed by atoms with E-state index in [4.69, 9.17) is 0 Å². The Balaban J connectivity index is 2.33. The normalized spacial score (nSPS) is 17.0. The smallest absolute Gasteiger partial charge is 0.0722 e. The van der Waals surface area contributed by atoms with E-state index in [-0.39, 0.29) is 0 Å². The minimum atomic E-state index is 1.04. The zero-order valence-electron chi connectivity index (χ0n) is 6.41. The summed E-state index contributed by atoms with van der Waals surface area (Å²) in [6.45, 7) is 0. The number of fused-ring (bicyclic) bond motifs is 3. The van der Waals surface area contributed by atoms with E-state index < -0.39 is 0 Å². The zero-order valence-corrected chi connectivity index (χ0v) is 6.41. The molecule has 12 heavy (non-hydrogen) atoms. The van der Waals surface area contributed by atoms with Crippen LogP contribution in [0.4, 0.5) is 5.69 Å². The summed E-state index contributed by atoms with van der Waals surface area (Å²) in [7, 11) is 0. The van der Waals surface area contributed by atoms with E-state index in [9.17, 15) is 0 Å². The Hall–Kier alpha value is -1.63. The Labute approximate surface area is 70.8 Å². The highest BCUT2D eigenvalue weighted by Crippen LogP contribution is 2.36. The molecule has 0 atom stereocenters. The van der Waals surface area contributed by atoms with Gasteiger partial charge in [0.15, 0.2) is 0 Å². The van der Waals surface area contributed by atoms with Gasteiger partial charge in [-0.25, -0.2) is 4.99 Å². The molecular formula is C11H6N. The Morgan fingerprint density at radius 1 is 1.33 bits per heavy atom. The van der Waals surface area contributed by atoms with Gasteiger partial charge in [0.05, 0.1) is 11.4 Å². The maximum absolute atomic E-state index is 4.44. The fraction of sp³-hybridized carbons (Fsp3) is 0. The summed E-state index contributed by atoms with van der Waals surface area (Å²) in [5.41, 5.74) is 4.47. The monoisotopic (exact) mass is 152 g/mol. The molecule has 0 spiro atoms. The van der Waals surface area contributed by atoms with Crippen LogP contribution in [0.2, 0.25) is 0 Å². The van der Waals surface area contributed by atoms with Gasteiger partial charge in [0, 0.05) is 11.1 Å². The molecule has 1 radical (unpaired) electrons. The molecular weight excluding hydrogens is 146 g/mol. The van der Waals surface area contributed by atoms with Crippen LogP contribution < -0.4 is 0 Å². The lowest BCUT2D eigenvalue weighted by molar-refractivity contribution is 1.53. The molecule has 3 rings (SSSR count). The highest BCUT2D eigenvalue weighted by Gasteiger charge is 2.19. The van der Waals surface area contributed by atoms with Crippen LogP contribution in [0.5, 0.6) is 0 Å². The lowest BCUT2D eigenvalue weighted by atomic mass is 10.1. The maximum Gasteiger partial charge on any atom is 0.0722 e. The molecule has 0 bridgehead atoms. The highest BCUT2D eigenvalue weighted by molar-refractivity contribution is 6.35. The van der Waals surface area contributed by atoms with Crippen molar-refractivity contribution in [3.05, 3.63) is 48.1 Å². The van der Waals surface area contributed by atoms with Crippen molar-refractivity contribution in [1.82, 2.24) is 0 Å². The fourth-order valence-electron chi connectivity index (χ4n) is 1.59. The van der Waals surface area contributed by atoms with Crippen LogP contribution in [0.1, 0.15) is 5.56 Å². The lowest BCUT2D eigenvalue weighted by Gasteiger charge is -1.94. The minimum absolute atomic E-state index is 1.04. The van der Waals surface area contributed by atoms with Crippen LogP contribution in [0, 0.1) is 6.07 Å². The molecule has 1 aromatic carbocycles. The van der Waals surface area contributed by atoms with Crippen LogP contribution >= 0.6 is 0 Å². The summed E-state index contributed by atoms with van der Waals surface area (Å²) in [6, 6.07) is 9.11. The summed E-state index contributed by atoms with van der Waals surface area (Å²) in [5.74, 6) is 0. The molecule has 1 heteroatoms. The Bertz CT molecular complexity index is 436. The third kappa shape index (κ3) is 0.607. The van der Waals surface area contributed by atoms with Gasteiger partial charge >= 0.3 is 0 Å². The summed E-state index contributed by atoms with van der Waals surface area (Å²) >= 11 is 0. The molecule has 1 nitrogen and oxygen atoms in total. The Morgan fingerprint density at radius 2 is 2.33 bits per heavy atom. The highest BCUT2D eigenvalue weighted by atomic mass is 14.8. The molecule has 1 aliphatic heterocycles. The quantitative estimate of drug-likeness (QED) is 0.541. The second kappa shape index (κ2) is 1.95. The number of allylic oxidation sites excluding steroid dienone is 4. The molecule has 0 aromatic heterocycles. The topological polar surface area (TPSA) is 12.4 Å². The molecule has 0 unspecified atom stereocenters.